The number of benzene rings is 1. The van der Waals surface area contributed by atoms with E-state index in [4.69, 9.17) is 32.4 Å². The second kappa shape index (κ2) is 8.35. The van der Waals surface area contributed by atoms with Crippen LogP contribution in [0.4, 0.5) is 0 Å². The van der Waals surface area contributed by atoms with Crippen molar-refractivity contribution in [2.24, 2.45) is 0 Å². The topological polar surface area (TPSA) is 76.8 Å². The molecule has 0 saturated carbocycles. The van der Waals surface area contributed by atoms with Gasteiger partial charge in [0.05, 0.1) is 34.7 Å². The highest BCUT2D eigenvalue weighted by atomic mass is 35.5. The zero-order valence-electron chi connectivity index (χ0n) is 15.6. The highest BCUT2D eigenvalue weighted by Gasteiger charge is 2.36. The molecule has 9 heteroatoms. The third kappa shape index (κ3) is 4.64. The molecule has 152 valence electrons. The van der Waals surface area contributed by atoms with Crippen LogP contribution in [-0.4, -0.2) is 43.4 Å². The van der Waals surface area contributed by atoms with Gasteiger partial charge in [-0.15, -0.1) is 0 Å². The van der Waals surface area contributed by atoms with Crippen LogP contribution in [0.25, 0.3) is 0 Å². The Morgan fingerprint density at radius 3 is 2.46 bits per heavy atom. The summed E-state index contributed by atoms with van der Waals surface area (Å²) >= 11 is 12.5. The second-order valence-electron chi connectivity index (χ2n) is 6.70. The van der Waals surface area contributed by atoms with Crippen LogP contribution in [0, 0.1) is 6.92 Å². The Morgan fingerprint density at radius 2 is 1.96 bits per heavy atom. The number of halogens is 2. The molecule has 2 aromatic rings. The summed E-state index contributed by atoms with van der Waals surface area (Å²) in [5.41, 5.74) is 0.269. The van der Waals surface area contributed by atoms with Crippen LogP contribution < -0.4 is 4.74 Å². The number of rotatable bonds is 6. The first kappa shape index (κ1) is 21.0. The molecule has 0 spiro atoms. The Labute approximate surface area is 174 Å². The highest BCUT2D eigenvalue weighted by molar-refractivity contribution is 7.91. The summed E-state index contributed by atoms with van der Waals surface area (Å²) in [5.74, 6) is 1.24. The van der Waals surface area contributed by atoms with Crippen molar-refractivity contribution in [1.29, 1.82) is 0 Å². The number of sulfone groups is 1. The van der Waals surface area contributed by atoms with E-state index in [1.54, 1.807) is 19.1 Å². The van der Waals surface area contributed by atoms with E-state index in [9.17, 15) is 13.2 Å². The van der Waals surface area contributed by atoms with Gasteiger partial charge in [-0.2, -0.15) is 0 Å². The maximum Gasteiger partial charge on any atom is 0.254 e. The van der Waals surface area contributed by atoms with Crippen molar-refractivity contribution < 1.29 is 22.4 Å². The lowest BCUT2D eigenvalue weighted by Crippen LogP contribution is -2.40. The van der Waals surface area contributed by atoms with Crippen LogP contribution in [0.2, 0.25) is 10.0 Å². The molecule has 1 saturated heterocycles. The molecule has 1 aliphatic heterocycles. The molecule has 28 heavy (non-hydrogen) atoms. The molecule has 1 fully saturated rings. The van der Waals surface area contributed by atoms with E-state index in [2.05, 4.69) is 0 Å². The van der Waals surface area contributed by atoms with Crippen LogP contribution in [0.15, 0.2) is 28.7 Å². The fourth-order valence-corrected chi connectivity index (χ4v) is 5.58. The molecule has 0 unspecified atom stereocenters. The zero-order chi connectivity index (χ0) is 20.5. The molecule has 0 aliphatic carbocycles. The summed E-state index contributed by atoms with van der Waals surface area (Å²) in [4.78, 5) is 14.8. The predicted molar refractivity (Wildman–Crippen MR) is 108 cm³/mol. The van der Waals surface area contributed by atoms with E-state index in [1.165, 1.54) is 17.0 Å². The first-order valence-electron chi connectivity index (χ1n) is 8.88. The summed E-state index contributed by atoms with van der Waals surface area (Å²) in [7, 11) is -3.17. The van der Waals surface area contributed by atoms with Crippen molar-refractivity contribution in [1.82, 2.24) is 4.90 Å². The van der Waals surface area contributed by atoms with Gasteiger partial charge >= 0.3 is 0 Å². The van der Waals surface area contributed by atoms with Gasteiger partial charge in [0.15, 0.2) is 15.6 Å². The lowest BCUT2D eigenvalue weighted by molar-refractivity contribution is 0.0665. The smallest absolute Gasteiger partial charge is 0.254 e. The largest absolute Gasteiger partial charge is 0.491 e. The maximum atomic E-state index is 13.3. The van der Waals surface area contributed by atoms with E-state index < -0.39 is 15.9 Å². The lowest BCUT2D eigenvalue weighted by Gasteiger charge is -2.28. The van der Waals surface area contributed by atoms with Gasteiger partial charge in [-0.3, -0.25) is 4.79 Å². The summed E-state index contributed by atoms with van der Waals surface area (Å²) in [6.45, 7) is 4.16. The Balaban J connectivity index is 1.94. The molecule has 1 aliphatic rings. The molecule has 3 rings (SSSR count). The number of carbonyl (C=O) groups excluding carboxylic acids is 1. The number of ether oxygens (including phenoxy) is 1. The van der Waals surface area contributed by atoms with Crippen molar-refractivity contribution in [2.45, 2.75) is 32.9 Å². The third-order valence-electron chi connectivity index (χ3n) is 4.57. The van der Waals surface area contributed by atoms with E-state index in [-0.39, 0.29) is 39.6 Å². The second-order valence-corrected chi connectivity index (χ2v) is 9.75. The van der Waals surface area contributed by atoms with Crippen LogP contribution in [0.1, 0.15) is 35.2 Å². The molecular weight excluding hydrogens is 425 g/mol. The van der Waals surface area contributed by atoms with E-state index >= 15 is 0 Å². The van der Waals surface area contributed by atoms with Gasteiger partial charge in [-0.1, -0.05) is 23.2 Å². The molecule has 0 N–H and O–H groups in total. The number of nitrogens with zero attached hydrogens (tertiary/aromatic N) is 1. The Hall–Kier alpha value is -1.70. The zero-order valence-corrected chi connectivity index (χ0v) is 17.9. The lowest BCUT2D eigenvalue weighted by atomic mass is 10.1. The SMILES string of the molecule is CCOc1c(Cl)cc(C(=O)N(Cc2ccc(C)o2)[C@H]2CCS(=O)(=O)C2)cc1Cl. The van der Waals surface area contributed by atoms with Crippen molar-refractivity contribution in [3.63, 3.8) is 0 Å². The van der Waals surface area contributed by atoms with Gasteiger partial charge < -0.3 is 14.1 Å². The average Bonchev–Trinajstić information content (AvgIpc) is 3.20. The van der Waals surface area contributed by atoms with Gasteiger partial charge in [0.1, 0.15) is 11.5 Å². The number of furan rings is 1. The number of amides is 1. The normalized spacial score (nSPS) is 18.2. The van der Waals surface area contributed by atoms with Crippen molar-refractivity contribution in [3.8, 4) is 5.75 Å². The van der Waals surface area contributed by atoms with Crippen molar-refractivity contribution in [3.05, 3.63) is 51.4 Å². The summed E-state index contributed by atoms with van der Waals surface area (Å²) < 4.78 is 34.9. The standard InChI is InChI=1S/C19H21Cl2NO5S/c1-3-26-18-16(20)8-13(9-17(18)21)19(23)22(10-15-5-4-12(2)27-15)14-6-7-28(24,25)11-14/h4-5,8-9,14H,3,6-7,10-11H2,1-2H3/t14-/m0/s1. The van der Waals surface area contributed by atoms with Crippen LogP contribution in [0.3, 0.4) is 0 Å². The van der Waals surface area contributed by atoms with Crippen LogP contribution in [0.5, 0.6) is 5.75 Å². The highest BCUT2D eigenvalue weighted by Crippen LogP contribution is 2.35. The molecule has 0 bridgehead atoms. The summed E-state index contributed by atoms with van der Waals surface area (Å²) in [5, 5.41) is 0.455. The van der Waals surface area contributed by atoms with Crippen molar-refractivity contribution >= 4 is 38.9 Å². The number of hydrogen-bond acceptors (Lipinski definition) is 5. The molecule has 2 heterocycles. The summed E-state index contributed by atoms with van der Waals surface area (Å²) in [6.07, 6.45) is 0.381. The quantitative estimate of drug-likeness (QED) is 0.667. The number of aryl methyl sites for hydroxylation is 1. The third-order valence-corrected chi connectivity index (χ3v) is 6.88. The Morgan fingerprint density at radius 1 is 1.29 bits per heavy atom. The molecular formula is C19H21Cl2NO5S. The van der Waals surface area contributed by atoms with E-state index in [0.717, 1.165) is 0 Å². The van der Waals surface area contributed by atoms with Crippen molar-refractivity contribution in [2.75, 3.05) is 18.1 Å². The Bertz CT molecular complexity index is 963. The maximum absolute atomic E-state index is 13.3. The minimum atomic E-state index is -3.17. The average molecular weight is 446 g/mol. The van der Waals surface area contributed by atoms with Gasteiger partial charge in [0.2, 0.25) is 0 Å². The minimum absolute atomic E-state index is 0.0589. The molecule has 1 aromatic heterocycles. The molecule has 6 nitrogen and oxygen atoms in total. The number of hydrogen-bond donors (Lipinski definition) is 0. The first-order chi connectivity index (χ1) is 13.2. The van der Waals surface area contributed by atoms with Gasteiger partial charge in [0, 0.05) is 11.6 Å². The summed E-state index contributed by atoms with van der Waals surface area (Å²) in [6, 6.07) is 6.12. The monoisotopic (exact) mass is 445 g/mol. The van der Waals surface area contributed by atoms with E-state index in [0.29, 0.717) is 30.3 Å². The van der Waals surface area contributed by atoms with Crippen LogP contribution in [-0.2, 0) is 16.4 Å². The van der Waals surface area contributed by atoms with Crippen LogP contribution >= 0.6 is 23.2 Å². The predicted octanol–water partition coefficient (Wildman–Crippen LogP) is 4.12. The number of carbonyl (C=O) groups is 1. The molecule has 0 radical (unpaired) electrons. The fourth-order valence-electron chi connectivity index (χ4n) is 3.26. The fraction of sp³-hybridized carbons (Fsp3) is 0.421. The van der Waals surface area contributed by atoms with Gasteiger partial charge in [-0.05, 0) is 44.5 Å². The van der Waals surface area contributed by atoms with E-state index in [1.807, 2.05) is 6.92 Å². The molecule has 1 aromatic carbocycles. The molecule has 1 atom stereocenters. The van der Waals surface area contributed by atoms with Gasteiger partial charge in [-0.25, -0.2) is 8.42 Å². The Kier molecular flexibility index (Phi) is 6.27. The first-order valence-corrected chi connectivity index (χ1v) is 11.5. The van der Waals surface area contributed by atoms with Gasteiger partial charge in [0.25, 0.3) is 5.91 Å². The molecule has 1 amide bonds. The minimum Gasteiger partial charge on any atom is -0.491 e.